The highest BCUT2D eigenvalue weighted by Gasteiger charge is 2.15. The van der Waals surface area contributed by atoms with Crippen molar-refractivity contribution in [3.05, 3.63) is 87.8 Å². The van der Waals surface area contributed by atoms with Gasteiger partial charge >= 0.3 is 0 Å². The molecule has 0 saturated carbocycles. The van der Waals surface area contributed by atoms with Crippen LogP contribution < -0.4 is 16.6 Å². The maximum atomic E-state index is 13.3. The molecular weight excluding hydrogens is 441 g/mol. The van der Waals surface area contributed by atoms with Crippen molar-refractivity contribution in [2.24, 2.45) is 0 Å². The van der Waals surface area contributed by atoms with Crippen LogP contribution in [0.25, 0.3) is 21.3 Å². The van der Waals surface area contributed by atoms with E-state index in [-0.39, 0.29) is 29.8 Å². The Bertz CT molecular complexity index is 1530. The summed E-state index contributed by atoms with van der Waals surface area (Å²) in [7, 11) is 0. The first-order valence-corrected chi connectivity index (χ1v) is 10.9. The van der Waals surface area contributed by atoms with E-state index in [2.05, 4.69) is 25.3 Å². The third-order valence-electron chi connectivity index (χ3n) is 5.12. The number of aromatic nitrogens is 5. The van der Waals surface area contributed by atoms with Gasteiger partial charge in [-0.2, -0.15) is 15.0 Å². The van der Waals surface area contributed by atoms with Gasteiger partial charge in [0.1, 0.15) is 10.6 Å². The number of nitrogens with zero attached hydrogens (tertiary/aromatic N) is 5. The normalized spacial score (nSPS) is 11.1. The Kier molecular flexibility index (Phi) is 5.27. The van der Waals surface area contributed by atoms with E-state index in [0.717, 1.165) is 16.8 Å². The van der Waals surface area contributed by atoms with Crippen LogP contribution in [-0.4, -0.2) is 24.5 Å². The number of anilines is 3. The van der Waals surface area contributed by atoms with E-state index in [0.29, 0.717) is 21.6 Å². The first-order valence-electron chi connectivity index (χ1n) is 10.0. The first-order chi connectivity index (χ1) is 16.0. The van der Waals surface area contributed by atoms with E-state index in [1.807, 2.05) is 36.6 Å². The summed E-state index contributed by atoms with van der Waals surface area (Å²) in [6.45, 7) is 2.03. The summed E-state index contributed by atoms with van der Waals surface area (Å²) in [6.07, 6.45) is 1.46. The maximum absolute atomic E-state index is 13.3. The average molecular weight is 460 g/mol. The van der Waals surface area contributed by atoms with Crippen molar-refractivity contribution in [3.8, 4) is 11.1 Å². The number of thiophene rings is 1. The van der Waals surface area contributed by atoms with Crippen LogP contribution in [0.2, 0.25) is 0 Å². The van der Waals surface area contributed by atoms with Gasteiger partial charge in [-0.1, -0.05) is 30.3 Å². The third-order valence-corrected chi connectivity index (χ3v) is 6.00. The molecule has 3 N–H and O–H groups in total. The van der Waals surface area contributed by atoms with E-state index in [9.17, 15) is 9.18 Å². The van der Waals surface area contributed by atoms with Gasteiger partial charge in [0.15, 0.2) is 5.82 Å². The van der Waals surface area contributed by atoms with Crippen molar-refractivity contribution in [1.29, 1.82) is 0 Å². The van der Waals surface area contributed by atoms with Crippen molar-refractivity contribution < 1.29 is 4.39 Å². The summed E-state index contributed by atoms with van der Waals surface area (Å²) in [6, 6.07) is 13.7. The van der Waals surface area contributed by atoms with Crippen molar-refractivity contribution >= 4 is 39.1 Å². The highest BCUT2D eigenvalue weighted by Crippen LogP contribution is 2.30. The van der Waals surface area contributed by atoms with Gasteiger partial charge in [-0.05, 0) is 36.2 Å². The van der Waals surface area contributed by atoms with Gasteiger partial charge in [0.05, 0.1) is 18.3 Å². The zero-order valence-electron chi connectivity index (χ0n) is 17.5. The summed E-state index contributed by atoms with van der Waals surface area (Å²) in [4.78, 5) is 31.1. The van der Waals surface area contributed by atoms with Crippen LogP contribution in [0.1, 0.15) is 11.4 Å². The number of para-hydroxylation sites is 1. The monoisotopic (exact) mass is 459 g/mol. The van der Waals surface area contributed by atoms with Crippen LogP contribution in [0.3, 0.4) is 0 Å². The second-order valence-corrected chi connectivity index (χ2v) is 8.25. The molecule has 164 valence electrons. The predicted octanol–water partition coefficient (Wildman–Crippen LogP) is 4.13. The highest BCUT2D eigenvalue weighted by atomic mass is 32.1. The lowest BCUT2D eigenvalue weighted by Gasteiger charge is -2.10. The molecule has 0 bridgehead atoms. The number of aryl methyl sites for hydroxylation is 1. The molecule has 0 aliphatic rings. The van der Waals surface area contributed by atoms with Crippen molar-refractivity contribution in [3.63, 3.8) is 0 Å². The number of nitrogens with two attached hydrogens (primary N) is 1. The van der Waals surface area contributed by atoms with Gasteiger partial charge in [-0.3, -0.25) is 9.36 Å². The zero-order valence-corrected chi connectivity index (χ0v) is 18.3. The summed E-state index contributed by atoms with van der Waals surface area (Å²) >= 11 is 1.36. The molecule has 0 unspecified atom stereocenters. The topological polar surface area (TPSA) is 112 Å². The Morgan fingerprint density at radius 3 is 2.67 bits per heavy atom. The van der Waals surface area contributed by atoms with E-state index >= 15 is 0 Å². The minimum atomic E-state index is -0.337. The van der Waals surface area contributed by atoms with E-state index in [4.69, 9.17) is 5.73 Å². The maximum Gasteiger partial charge on any atom is 0.263 e. The molecule has 3 aromatic heterocycles. The number of fused-ring (bicyclic) bond motifs is 1. The minimum Gasteiger partial charge on any atom is -0.368 e. The molecule has 0 aliphatic heterocycles. The lowest BCUT2D eigenvalue weighted by Crippen LogP contribution is -2.22. The average Bonchev–Trinajstić information content (AvgIpc) is 3.22. The molecule has 2 aromatic carbocycles. The Balaban J connectivity index is 1.51. The molecule has 0 fully saturated rings. The molecule has 0 spiro atoms. The number of nitrogen functional groups attached to an aromatic ring is 1. The smallest absolute Gasteiger partial charge is 0.263 e. The van der Waals surface area contributed by atoms with E-state index in [1.165, 1.54) is 34.4 Å². The zero-order chi connectivity index (χ0) is 22.9. The third kappa shape index (κ3) is 4.15. The van der Waals surface area contributed by atoms with Gasteiger partial charge in [0.2, 0.25) is 11.9 Å². The lowest BCUT2D eigenvalue weighted by molar-refractivity contribution is 0.628. The second-order valence-electron chi connectivity index (χ2n) is 7.39. The van der Waals surface area contributed by atoms with Crippen LogP contribution in [0, 0.1) is 12.7 Å². The Labute approximate surface area is 191 Å². The Morgan fingerprint density at radius 2 is 1.88 bits per heavy atom. The number of hydrogen-bond donors (Lipinski definition) is 2. The Morgan fingerprint density at radius 1 is 1.09 bits per heavy atom. The fourth-order valence-electron chi connectivity index (χ4n) is 3.47. The van der Waals surface area contributed by atoms with Gasteiger partial charge in [-0.15, -0.1) is 11.3 Å². The number of hydrogen-bond acceptors (Lipinski definition) is 8. The van der Waals surface area contributed by atoms with Crippen LogP contribution in [-0.2, 0) is 6.54 Å². The molecular formula is C23H18FN7OS. The molecule has 0 saturated heterocycles. The number of benzene rings is 2. The van der Waals surface area contributed by atoms with Crippen molar-refractivity contribution in [2.75, 3.05) is 11.1 Å². The molecule has 5 aromatic rings. The standard InChI is InChI=1S/C23H18FN7OS/c1-13-4-2-3-5-17(13)27-23-29-18(28-22(25)30-23)10-31-12-26-20-19(21(31)32)16(11-33-20)14-6-8-15(24)9-7-14/h2-9,11-12H,10H2,1H3,(H3,25,27,28,29,30). The Hall–Kier alpha value is -4.18. The molecule has 5 rings (SSSR count). The van der Waals surface area contributed by atoms with Crippen LogP contribution >= 0.6 is 11.3 Å². The first kappa shape index (κ1) is 20.7. The lowest BCUT2D eigenvalue weighted by atomic mass is 10.1. The molecule has 10 heteroatoms. The van der Waals surface area contributed by atoms with Crippen LogP contribution in [0.4, 0.5) is 22.0 Å². The SMILES string of the molecule is Cc1ccccc1Nc1nc(N)nc(Cn2cnc3scc(-c4ccc(F)cc4)c3c2=O)n1. The molecule has 0 amide bonds. The summed E-state index contributed by atoms with van der Waals surface area (Å²) in [5.41, 5.74) is 8.97. The summed E-state index contributed by atoms with van der Waals surface area (Å²) in [5, 5.41) is 5.46. The molecule has 0 aliphatic carbocycles. The highest BCUT2D eigenvalue weighted by molar-refractivity contribution is 7.17. The number of halogens is 1. The largest absolute Gasteiger partial charge is 0.368 e. The molecule has 33 heavy (non-hydrogen) atoms. The van der Waals surface area contributed by atoms with Crippen LogP contribution in [0.15, 0.2) is 65.0 Å². The summed E-state index contributed by atoms with van der Waals surface area (Å²) < 4.78 is 14.8. The van der Waals surface area contributed by atoms with Gasteiger partial charge < -0.3 is 11.1 Å². The number of nitrogens with one attached hydrogen (secondary N) is 1. The van der Waals surface area contributed by atoms with Gasteiger partial charge in [0, 0.05) is 16.6 Å². The fraction of sp³-hybridized carbons (Fsp3) is 0.0870. The van der Waals surface area contributed by atoms with Gasteiger partial charge in [-0.25, -0.2) is 9.37 Å². The van der Waals surface area contributed by atoms with Crippen molar-refractivity contribution in [1.82, 2.24) is 24.5 Å². The van der Waals surface area contributed by atoms with Crippen molar-refractivity contribution in [2.45, 2.75) is 13.5 Å². The number of rotatable bonds is 5. The fourth-order valence-corrected chi connectivity index (χ4v) is 4.38. The second kappa shape index (κ2) is 8.40. The van der Waals surface area contributed by atoms with E-state index < -0.39 is 0 Å². The minimum absolute atomic E-state index is 0.0423. The molecule has 3 heterocycles. The van der Waals surface area contributed by atoms with E-state index in [1.54, 1.807) is 12.1 Å². The predicted molar refractivity (Wildman–Crippen MR) is 127 cm³/mol. The summed E-state index contributed by atoms with van der Waals surface area (Å²) in [5.74, 6) is 0.314. The molecule has 0 atom stereocenters. The quantitative estimate of drug-likeness (QED) is 0.406. The van der Waals surface area contributed by atoms with Gasteiger partial charge in [0.25, 0.3) is 5.56 Å². The van der Waals surface area contributed by atoms with Crippen LogP contribution in [0.5, 0.6) is 0 Å². The molecule has 0 radical (unpaired) electrons. The molecule has 8 nitrogen and oxygen atoms in total.